The van der Waals surface area contributed by atoms with Gasteiger partial charge in [0.1, 0.15) is 5.83 Å². The van der Waals surface area contributed by atoms with E-state index < -0.39 is 23.6 Å². The van der Waals surface area contributed by atoms with E-state index >= 15 is 0 Å². The summed E-state index contributed by atoms with van der Waals surface area (Å²) in [6.07, 6.45) is 6.22. The molecule has 64 valence electrons. The smallest absolute Gasteiger partial charge is 0.207 e. The highest BCUT2D eigenvalue weighted by molar-refractivity contribution is 5.30. The summed E-state index contributed by atoms with van der Waals surface area (Å²) >= 11 is 0. The van der Waals surface area contributed by atoms with E-state index in [0.29, 0.717) is 0 Å². The molecule has 1 fully saturated rings. The fourth-order valence-corrected chi connectivity index (χ4v) is 1.39. The van der Waals surface area contributed by atoms with Gasteiger partial charge >= 0.3 is 0 Å². The summed E-state index contributed by atoms with van der Waals surface area (Å²) in [5, 5.41) is 0. The Morgan fingerprint density at radius 3 is 2.58 bits per heavy atom. The monoisotopic (exact) mass is 172 g/mol. The average molecular weight is 172 g/mol. The van der Waals surface area contributed by atoms with Gasteiger partial charge in [-0.25, -0.2) is 13.2 Å². The second-order valence-corrected chi connectivity index (χ2v) is 3.02. The van der Waals surface area contributed by atoms with Crippen molar-refractivity contribution in [3.05, 3.63) is 36.2 Å². The predicted octanol–water partition coefficient (Wildman–Crippen LogP) is 2.85. The standard InChI is InChI=1S/C9H7F3/c10-6-2-1-3-7-8(5-4-6)9(7,11)12/h1-5,7-8H/b3-1-,5-4-,6-2-. The third-order valence-corrected chi connectivity index (χ3v) is 2.20. The molecule has 0 radical (unpaired) electrons. The largest absolute Gasteiger partial charge is 0.262 e. The first kappa shape index (κ1) is 7.65. The highest BCUT2D eigenvalue weighted by Gasteiger charge is 2.65. The van der Waals surface area contributed by atoms with Crippen molar-refractivity contribution in [2.75, 3.05) is 0 Å². The third kappa shape index (κ3) is 1.00. The van der Waals surface area contributed by atoms with Crippen LogP contribution in [0.3, 0.4) is 0 Å². The highest BCUT2D eigenvalue weighted by Crippen LogP contribution is 2.57. The van der Waals surface area contributed by atoms with Crippen LogP contribution in [-0.2, 0) is 0 Å². The highest BCUT2D eigenvalue weighted by atomic mass is 19.3. The molecule has 0 N–H and O–H groups in total. The number of halogens is 3. The summed E-state index contributed by atoms with van der Waals surface area (Å²) < 4.78 is 38.0. The minimum Gasteiger partial charge on any atom is -0.207 e. The number of hydrogen-bond acceptors (Lipinski definition) is 0. The summed E-state index contributed by atoms with van der Waals surface area (Å²) in [7, 11) is 0. The van der Waals surface area contributed by atoms with Crippen molar-refractivity contribution < 1.29 is 13.2 Å². The van der Waals surface area contributed by atoms with Gasteiger partial charge in [0, 0.05) is 0 Å². The van der Waals surface area contributed by atoms with Crippen LogP contribution in [0.15, 0.2) is 36.2 Å². The molecule has 3 heteroatoms. The Balaban J connectivity index is 2.26. The maximum Gasteiger partial charge on any atom is 0.262 e. The zero-order valence-corrected chi connectivity index (χ0v) is 6.18. The molecule has 0 bridgehead atoms. The van der Waals surface area contributed by atoms with Gasteiger partial charge in [-0.3, -0.25) is 0 Å². The fraction of sp³-hybridized carbons (Fsp3) is 0.333. The van der Waals surface area contributed by atoms with Gasteiger partial charge in [0.05, 0.1) is 11.8 Å². The summed E-state index contributed by atoms with van der Waals surface area (Å²) in [5.41, 5.74) is 0. The normalized spacial score (nSPS) is 46.1. The molecular weight excluding hydrogens is 165 g/mol. The van der Waals surface area contributed by atoms with Gasteiger partial charge in [-0.05, 0) is 12.2 Å². The first-order valence-corrected chi connectivity index (χ1v) is 3.72. The molecule has 1 saturated carbocycles. The van der Waals surface area contributed by atoms with Gasteiger partial charge < -0.3 is 0 Å². The Morgan fingerprint density at radius 2 is 1.83 bits per heavy atom. The number of alkyl halides is 2. The minimum atomic E-state index is -2.66. The zero-order chi connectivity index (χ0) is 8.77. The van der Waals surface area contributed by atoms with Crippen molar-refractivity contribution in [1.82, 2.24) is 0 Å². The summed E-state index contributed by atoms with van der Waals surface area (Å²) in [5.74, 6) is -4.66. The Kier molecular flexibility index (Phi) is 1.43. The number of rotatable bonds is 0. The molecule has 2 aliphatic rings. The predicted molar refractivity (Wildman–Crippen MR) is 39.4 cm³/mol. The van der Waals surface area contributed by atoms with Crippen LogP contribution in [0.4, 0.5) is 13.2 Å². The number of hydrogen-bond donors (Lipinski definition) is 0. The van der Waals surface area contributed by atoms with Crippen LogP contribution >= 0.6 is 0 Å². The second kappa shape index (κ2) is 2.25. The molecule has 2 rings (SSSR count). The Morgan fingerprint density at radius 1 is 1.17 bits per heavy atom. The van der Waals surface area contributed by atoms with E-state index in [1.54, 1.807) is 0 Å². The first-order chi connectivity index (χ1) is 5.62. The van der Waals surface area contributed by atoms with Crippen molar-refractivity contribution in [3.8, 4) is 0 Å². The van der Waals surface area contributed by atoms with Crippen molar-refractivity contribution in [2.45, 2.75) is 5.92 Å². The Labute approximate surface area is 68.1 Å². The van der Waals surface area contributed by atoms with Crippen molar-refractivity contribution in [3.63, 3.8) is 0 Å². The van der Waals surface area contributed by atoms with Gasteiger partial charge in [-0.15, -0.1) is 0 Å². The zero-order valence-electron chi connectivity index (χ0n) is 6.18. The average Bonchev–Trinajstić information content (AvgIpc) is 2.44. The van der Waals surface area contributed by atoms with E-state index in [1.807, 2.05) is 0 Å². The molecule has 0 saturated heterocycles. The van der Waals surface area contributed by atoms with E-state index in [0.717, 1.165) is 6.08 Å². The molecule has 0 nitrogen and oxygen atoms in total. The van der Waals surface area contributed by atoms with Gasteiger partial charge in [0.25, 0.3) is 5.92 Å². The minimum absolute atomic E-state index is 0.479. The van der Waals surface area contributed by atoms with Crippen LogP contribution in [0.1, 0.15) is 0 Å². The lowest BCUT2D eigenvalue weighted by atomic mass is 10.2. The summed E-state index contributed by atoms with van der Waals surface area (Å²) in [4.78, 5) is 0. The Bertz CT molecular complexity index is 286. The SMILES string of the molecule is FC1=C\C=C/C2C(/C=C\1)C2(F)F. The van der Waals surface area contributed by atoms with Crippen LogP contribution in [0, 0.1) is 11.8 Å². The number of fused-ring (bicyclic) bond motifs is 1. The molecular formula is C9H7F3. The van der Waals surface area contributed by atoms with Crippen LogP contribution < -0.4 is 0 Å². The number of allylic oxidation sites excluding steroid dienone is 6. The maximum atomic E-state index is 12.7. The molecule has 2 unspecified atom stereocenters. The quantitative estimate of drug-likeness (QED) is 0.527. The lowest BCUT2D eigenvalue weighted by Crippen LogP contribution is -1.91. The second-order valence-electron chi connectivity index (χ2n) is 3.02. The summed E-state index contributed by atoms with van der Waals surface area (Å²) in [6.45, 7) is 0. The topological polar surface area (TPSA) is 0 Å². The van der Waals surface area contributed by atoms with E-state index in [9.17, 15) is 13.2 Å². The van der Waals surface area contributed by atoms with Crippen molar-refractivity contribution >= 4 is 0 Å². The van der Waals surface area contributed by atoms with Crippen molar-refractivity contribution in [2.24, 2.45) is 11.8 Å². The van der Waals surface area contributed by atoms with Gasteiger partial charge in [-0.1, -0.05) is 18.2 Å². The molecule has 0 heterocycles. The first-order valence-electron chi connectivity index (χ1n) is 3.72. The van der Waals surface area contributed by atoms with E-state index in [2.05, 4.69) is 0 Å². The maximum absolute atomic E-state index is 12.7. The lowest BCUT2D eigenvalue weighted by molar-refractivity contribution is 0.0969. The Hall–Kier alpha value is -0.990. The van der Waals surface area contributed by atoms with E-state index in [1.165, 1.54) is 24.3 Å². The molecule has 0 amide bonds. The van der Waals surface area contributed by atoms with Crippen LogP contribution in [-0.4, -0.2) is 5.92 Å². The molecule has 0 aromatic carbocycles. The molecule has 0 aromatic rings. The van der Waals surface area contributed by atoms with Gasteiger partial charge in [0.15, 0.2) is 0 Å². The molecule has 2 atom stereocenters. The molecule has 12 heavy (non-hydrogen) atoms. The molecule has 0 spiro atoms. The fourth-order valence-electron chi connectivity index (χ4n) is 1.39. The van der Waals surface area contributed by atoms with Gasteiger partial charge in [-0.2, -0.15) is 0 Å². The van der Waals surface area contributed by atoms with Crippen LogP contribution in [0.2, 0.25) is 0 Å². The van der Waals surface area contributed by atoms with E-state index in [-0.39, 0.29) is 0 Å². The third-order valence-electron chi connectivity index (χ3n) is 2.20. The molecule has 0 aliphatic heterocycles. The molecule has 2 aliphatic carbocycles. The molecule has 0 aromatic heterocycles. The van der Waals surface area contributed by atoms with Crippen LogP contribution in [0.5, 0.6) is 0 Å². The van der Waals surface area contributed by atoms with Crippen LogP contribution in [0.25, 0.3) is 0 Å². The lowest BCUT2D eigenvalue weighted by Gasteiger charge is -1.87. The van der Waals surface area contributed by atoms with Crippen molar-refractivity contribution in [1.29, 1.82) is 0 Å². The van der Waals surface area contributed by atoms with Gasteiger partial charge in [0.2, 0.25) is 0 Å². The van der Waals surface area contributed by atoms with E-state index in [4.69, 9.17) is 0 Å². The summed E-state index contributed by atoms with van der Waals surface area (Å²) in [6, 6.07) is 0.